The first-order valence-electron chi connectivity index (χ1n) is 11.7. The van der Waals surface area contributed by atoms with Gasteiger partial charge >= 0.3 is 11.9 Å². The summed E-state index contributed by atoms with van der Waals surface area (Å²) in [5.41, 5.74) is -0.264. The Bertz CT molecular complexity index is 844. The SMILES string of the molecule is CCCC[C@H]1[C@H](C)OC(=O)[C@@H](NC(=O)c2nccc(OC)c2O)CCO[C@@H]1COC(=O)C(C)C. The van der Waals surface area contributed by atoms with Gasteiger partial charge in [-0.2, -0.15) is 0 Å². The van der Waals surface area contributed by atoms with Crippen molar-refractivity contribution in [1.29, 1.82) is 0 Å². The number of aromatic nitrogens is 1. The molecule has 0 saturated carbocycles. The van der Waals surface area contributed by atoms with Crippen LogP contribution in [-0.4, -0.2) is 66.5 Å². The minimum absolute atomic E-state index is 0.0614. The number of carbonyl (C=O) groups is 3. The van der Waals surface area contributed by atoms with Crippen LogP contribution in [-0.2, 0) is 23.8 Å². The van der Waals surface area contributed by atoms with Crippen LogP contribution in [0.4, 0.5) is 0 Å². The van der Waals surface area contributed by atoms with E-state index in [1.54, 1.807) is 20.8 Å². The third kappa shape index (κ3) is 7.31. The van der Waals surface area contributed by atoms with Gasteiger partial charge in [-0.1, -0.05) is 33.6 Å². The Morgan fingerprint density at radius 1 is 1.35 bits per heavy atom. The second-order valence-electron chi connectivity index (χ2n) is 8.67. The van der Waals surface area contributed by atoms with E-state index in [0.717, 1.165) is 19.3 Å². The first-order chi connectivity index (χ1) is 16.2. The van der Waals surface area contributed by atoms with E-state index in [-0.39, 0.29) is 48.9 Å². The summed E-state index contributed by atoms with van der Waals surface area (Å²) in [5.74, 6) is -2.44. The molecule has 1 fully saturated rings. The van der Waals surface area contributed by atoms with Crippen LogP contribution in [0.15, 0.2) is 12.3 Å². The summed E-state index contributed by atoms with van der Waals surface area (Å²) in [6.45, 7) is 7.55. The van der Waals surface area contributed by atoms with Crippen LogP contribution in [0.2, 0.25) is 0 Å². The average molecular weight is 481 g/mol. The fourth-order valence-electron chi connectivity index (χ4n) is 3.72. The second kappa shape index (κ2) is 13.1. The van der Waals surface area contributed by atoms with Crippen LogP contribution in [0, 0.1) is 11.8 Å². The Morgan fingerprint density at radius 2 is 2.09 bits per heavy atom. The molecule has 1 saturated heterocycles. The summed E-state index contributed by atoms with van der Waals surface area (Å²) in [6.07, 6.45) is 3.06. The highest BCUT2D eigenvalue weighted by Crippen LogP contribution is 2.28. The van der Waals surface area contributed by atoms with Gasteiger partial charge in [-0.05, 0) is 13.3 Å². The maximum absolute atomic E-state index is 12.9. The normalized spacial score (nSPS) is 23.3. The van der Waals surface area contributed by atoms with Crippen LogP contribution in [0.3, 0.4) is 0 Å². The van der Waals surface area contributed by atoms with Gasteiger partial charge < -0.3 is 29.4 Å². The molecule has 0 spiro atoms. The summed E-state index contributed by atoms with van der Waals surface area (Å²) >= 11 is 0. The number of rotatable bonds is 9. The van der Waals surface area contributed by atoms with Crippen molar-refractivity contribution in [2.24, 2.45) is 11.8 Å². The van der Waals surface area contributed by atoms with Crippen LogP contribution in [0.1, 0.15) is 63.9 Å². The molecule has 0 unspecified atom stereocenters. The van der Waals surface area contributed by atoms with Crippen LogP contribution >= 0.6 is 0 Å². The van der Waals surface area contributed by atoms with Crippen molar-refractivity contribution in [1.82, 2.24) is 10.3 Å². The number of methoxy groups -OCH3 is 1. The number of cyclic esters (lactones) is 1. The third-order valence-electron chi connectivity index (χ3n) is 5.79. The van der Waals surface area contributed by atoms with Crippen LogP contribution in [0.5, 0.6) is 11.5 Å². The highest BCUT2D eigenvalue weighted by atomic mass is 16.6. The van der Waals surface area contributed by atoms with Crippen molar-refractivity contribution in [3.8, 4) is 11.5 Å². The number of esters is 2. The number of aromatic hydroxyl groups is 1. The van der Waals surface area contributed by atoms with Gasteiger partial charge in [0.05, 0.1) is 19.1 Å². The largest absolute Gasteiger partial charge is 0.503 e. The molecule has 1 amide bonds. The van der Waals surface area contributed by atoms with Crippen molar-refractivity contribution in [3.63, 3.8) is 0 Å². The summed E-state index contributed by atoms with van der Waals surface area (Å²) < 4.78 is 22.2. The molecule has 0 bridgehead atoms. The molecule has 4 atom stereocenters. The number of nitrogens with one attached hydrogen (secondary N) is 1. The van der Waals surface area contributed by atoms with Crippen LogP contribution in [0.25, 0.3) is 0 Å². The van der Waals surface area contributed by atoms with E-state index in [2.05, 4.69) is 17.2 Å². The number of ether oxygens (including phenoxy) is 4. The summed E-state index contributed by atoms with van der Waals surface area (Å²) in [7, 11) is 1.36. The Balaban J connectivity index is 2.16. The van der Waals surface area contributed by atoms with Gasteiger partial charge in [0.15, 0.2) is 17.2 Å². The van der Waals surface area contributed by atoms with Gasteiger partial charge in [-0.25, -0.2) is 9.78 Å². The topological polar surface area (TPSA) is 133 Å². The fourth-order valence-corrected chi connectivity index (χ4v) is 3.72. The van der Waals surface area contributed by atoms with Crippen molar-refractivity contribution >= 4 is 17.8 Å². The van der Waals surface area contributed by atoms with E-state index in [9.17, 15) is 19.5 Å². The molecule has 10 heteroatoms. The lowest BCUT2D eigenvalue weighted by molar-refractivity contribution is -0.160. The number of amides is 1. The Hall–Kier alpha value is -2.88. The predicted octanol–water partition coefficient (Wildman–Crippen LogP) is 2.62. The zero-order chi connectivity index (χ0) is 25.3. The summed E-state index contributed by atoms with van der Waals surface area (Å²) in [5, 5.41) is 12.8. The van der Waals surface area contributed by atoms with Crippen molar-refractivity contribution in [2.75, 3.05) is 20.3 Å². The lowest BCUT2D eigenvalue weighted by Crippen LogP contribution is -2.44. The molecule has 1 aromatic heterocycles. The first kappa shape index (κ1) is 27.4. The van der Waals surface area contributed by atoms with Crippen molar-refractivity contribution in [2.45, 2.75) is 71.6 Å². The minimum atomic E-state index is -1.01. The van der Waals surface area contributed by atoms with E-state index in [1.165, 1.54) is 19.4 Å². The molecule has 2 rings (SSSR count). The maximum atomic E-state index is 12.9. The molecule has 0 radical (unpaired) electrons. The molecule has 1 aliphatic rings. The number of pyridine rings is 1. The molecule has 190 valence electrons. The van der Waals surface area contributed by atoms with Gasteiger partial charge in [0.2, 0.25) is 0 Å². The molecule has 1 aromatic rings. The molecular formula is C24H36N2O8. The minimum Gasteiger partial charge on any atom is -0.503 e. The van der Waals surface area contributed by atoms with Crippen molar-refractivity contribution < 1.29 is 38.4 Å². The molecule has 10 nitrogen and oxygen atoms in total. The first-order valence-corrected chi connectivity index (χ1v) is 11.7. The summed E-state index contributed by atoms with van der Waals surface area (Å²) in [4.78, 5) is 41.5. The van der Waals surface area contributed by atoms with Crippen molar-refractivity contribution in [3.05, 3.63) is 18.0 Å². The fraction of sp³-hybridized carbons (Fsp3) is 0.667. The Kier molecular flexibility index (Phi) is 10.6. The monoisotopic (exact) mass is 480 g/mol. The zero-order valence-electron chi connectivity index (χ0n) is 20.5. The van der Waals surface area contributed by atoms with Gasteiger partial charge in [-0.3, -0.25) is 9.59 Å². The third-order valence-corrected chi connectivity index (χ3v) is 5.79. The number of carbonyl (C=O) groups excluding carboxylic acids is 3. The average Bonchev–Trinajstić information content (AvgIpc) is 2.85. The van der Waals surface area contributed by atoms with E-state index < -0.39 is 35.9 Å². The van der Waals surface area contributed by atoms with E-state index in [4.69, 9.17) is 18.9 Å². The summed E-state index contributed by atoms with van der Waals surface area (Å²) in [6, 6.07) is 0.407. The molecule has 0 aromatic carbocycles. The lowest BCUT2D eigenvalue weighted by Gasteiger charge is -2.30. The Labute approximate surface area is 200 Å². The van der Waals surface area contributed by atoms with E-state index in [1.807, 2.05) is 0 Å². The molecule has 34 heavy (non-hydrogen) atoms. The number of nitrogens with zero attached hydrogens (tertiary/aromatic N) is 1. The molecular weight excluding hydrogens is 444 g/mol. The molecule has 2 N–H and O–H groups in total. The molecule has 0 aliphatic carbocycles. The smallest absolute Gasteiger partial charge is 0.329 e. The number of hydrogen-bond acceptors (Lipinski definition) is 9. The van der Waals surface area contributed by atoms with Gasteiger partial charge in [0.25, 0.3) is 5.91 Å². The highest BCUT2D eigenvalue weighted by Gasteiger charge is 2.35. The number of hydrogen-bond donors (Lipinski definition) is 2. The standard InChI is InChI=1S/C24H36N2O8/c1-6-7-8-16-15(4)34-24(30)17(10-12-32-19(16)13-33-23(29)14(2)3)26-22(28)20-21(27)18(31-5)9-11-25-20/h9,11,14-17,19,27H,6-8,10,12-13H2,1-5H3,(H,26,28)/t15-,16-,17-,19+/m0/s1. The van der Waals surface area contributed by atoms with Gasteiger partial charge in [0, 0.05) is 31.2 Å². The van der Waals surface area contributed by atoms with Gasteiger partial charge in [-0.15, -0.1) is 0 Å². The highest BCUT2D eigenvalue weighted by molar-refractivity contribution is 5.97. The van der Waals surface area contributed by atoms with E-state index >= 15 is 0 Å². The van der Waals surface area contributed by atoms with E-state index in [0.29, 0.717) is 0 Å². The maximum Gasteiger partial charge on any atom is 0.329 e. The number of unbranched alkanes of at least 4 members (excludes halogenated alkanes) is 1. The van der Waals surface area contributed by atoms with Crippen LogP contribution < -0.4 is 10.1 Å². The zero-order valence-corrected chi connectivity index (χ0v) is 20.5. The predicted molar refractivity (Wildman–Crippen MR) is 122 cm³/mol. The second-order valence-corrected chi connectivity index (χ2v) is 8.67. The van der Waals surface area contributed by atoms with Gasteiger partial charge in [0.1, 0.15) is 18.8 Å². The lowest BCUT2D eigenvalue weighted by atomic mass is 9.91. The molecule has 2 heterocycles. The Morgan fingerprint density at radius 3 is 2.74 bits per heavy atom. The molecule has 1 aliphatic heterocycles. The quantitative estimate of drug-likeness (QED) is 0.512.